The summed E-state index contributed by atoms with van der Waals surface area (Å²) in [6.45, 7) is 8.17. The maximum absolute atomic E-state index is 6.51. The van der Waals surface area contributed by atoms with E-state index < -0.39 is 0 Å². The molecule has 0 amide bonds. The highest BCUT2D eigenvalue weighted by Gasteiger charge is 2.62. The van der Waals surface area contributed by atoms with E-state index in [2.05, 4.69) is 32.9 Å². The van der Waals surface area contributed by atoms with Crippen LogP contribution in [0.1, 0.15) is 35.1 Å². The molecule has 2 N–H and O–H groups in total. The number of benzene rings is 1. The van der Waals surface area contributed by atoms with Crippen LogP contribution in [0, 0.1) is 20.8 Å². The fourth-order valence-electron chi connectivity index (χ4n) is 3.54. The molecule has 0 unspecified atom stereocenters. The smallest absolute Gasteiger partial charge is 0.0605 e. The number of hydrogen-bond donors (Lipinski definition) is 1. The molecule has 0 atom stereocenters. The Bertz CT molecular complexity index is 447. The quantitative estimate of drug-likeness (QED) is 0.848. The molecule has 1 heterocycles. The van der Waals surface area contributed by atoms with Crippen molar-refractivity contribution < 1.29 is 4.74 Å². The molecule has 1 saturated heterocycles. The molecule has 1 aromatic rings. The molecule has 2 fully saturated rings. The lowest BCUT2D eigenvalue weighted by atomic mass is 9.67. The second-order valence-corrected chi connectivity index (χ2v) is 6.00. The first-order valence-corrected chi connectivity index (χ1v) is 6.43. The molecule has 1 saturated carbocycles. The van der Waals surface area contributed by atoms with Gasteiger partial charge >= 0.3 is 0 Å². The Morgan fingerprint density at radius 3 is 1.94 bits per heavy atom. The van der Waals surface area contributed by atoms with Crippen molar-refractivity contribution in [1.29, 1.82) is 0 Å². The van der Waals surface area contributed by atoms with E-state index in [0.717, 1.165) is 26.1 Å². The summed E-state index contributed by atoms with van der Waals surface area (Å²) in [5.41, 5.74) is 12.1. The molecule has 0 spiro atoms. The Morgan fingerprint density at radius 1 is 1.06 bits per heavy atom. The summed E-state index contributed by atoms with van der Waals surface area (Å²) in [5.74, 6) is 0. The Labute approximate surface area is 103 Å². The highest BCUT2D eigenvalue weighted by molar-refractivity contribution is 5.48. The first kappa shape index (κ1) is 11.2. The Kier molecular flexibility index (Phi) is 2.20. The van der Waals surface area contributed by atoms with Gasteiger partial charge in [0, 0.05) is 5.54 Å². The number of aryl methyl sites for hydroxylation is 3. The molecule has 17 heavy (non-hydrogen) atoms. The summed E-state index contributed by atoms with van der Waals surface area (Å²) in [6, 6.07) is 4.54. The third-order valence-corrected chi connectivity index (χ3v) is 4.59. The molecular weight excluding hydrogens is 210 g/mol. The van der Waals surface area contributed by atoms with Gasteiger partial charge in [-0.3, -0.25) is 0 Å². The van der Waals surface area contributed by atoms with E-state index in [-0.39, 0.29) is 11.0 Å². The number of rotatable bonds is 2. The minimum atomic E-state index is -0.00394. The van der Waals surface area contributed by atoms with Crippen LogP contribution in [-0.2, 0) is 10.2 Å². The SMILES string of the molecule is Cc1cc(C)c(C2(C3(N)CC3)COC2)c(C)c1. The first-order chi connectivity index (χ1) is 7.98. The van der Waals surface area contributed by atoms with Gasteiger partial charge < -0.3 is 10.5 Å². The van der Waals surface area contributed by atoms with E-state index in [1.54, 1.807) is 0 Å². The minimum absolute atomic E-state index is 0.00394. The van der Waals surface area contributed by atoms with E-state index in [4.69, 9.17) is 10.5 Å². The van der Waals surface area contributed by atoms with Gasteiger partial charge in [-0.25, -0.2) is 0 Å². The van der Waals surface area contributed by atoms with Crippen LogP contribution in [-0.4, -0.2) is 18.8 Å². The van der Waals surface area contributed by atoms with Gasteiger partial charge in [0.25, 0.3) is 0 Å². The summed E-state index contributed by atoms with van der Waals surface area (Å²) < 4.78 is 5.52. The van der Waals surface area contributed by atoms with Crippen molar-refractivity contribution in [3.63, 3.8) is 0 Å². The number of ether oxygens (including phenoxy) is 1. The van der Waals surface area contributed by atoms with E-state index >= 15 is 0 Å². The van der Waals surface area contributed by atoms with Gasteiger partial charge in [-0.1, -0.05) is 17.7 Å². The zero-order valence-corrected chi connectivity index (χ0v) is 11.0. The fourth-order valence-corrected chi connectivity index (χ4v) is 3.54. The van der Waals surface area contributed by atoms with Gasteiger partial charge in [0.2, 0.25) is 0 Å². The van der Waals surface area contributed by atoms with Crippen LogP contribution >= 0.6 is 0 Å². The Hall–Kier alpha value is -0.860. The summed E-state index contributed by atoms with van der Waals surface area (Å²) in [7, 11) is 0. The Morgan fingerprint density at radius 2 is 1.59 bits per heavy atom. The molecule has 1 aromatic carbocycles. The van der Waals surface area contributed by atoms with Crippen LogP contribution in [0.4, 0.5) is 0 Å². The molecule has 3 rings (SSSR count). The molecule has 2 aliphatic rings. The maximum Gasteiger partial charge on any atom is 0.0605 e. The van der Waals surface area contributed by atoms with Crippen LogP contribution in [0.25, 0.3) is 0 Å². The standard InChI is InChI=1S/C15H21NO/c1-10-6-11(2)13(12(3)7-10)14(8-17-9-14)15(16)4-5-15/h6-7H,4-5,8-9,16H2,1-3H3. The average Bonchev–Trinajstić information content (AvgIpc) is 2.87. The van der Waals surface area contributed by atoms with Gasteiger partial charge in [-0.2, -0.15) is 0 Å². The molecule has 92 valence electrons. The Balaban J connectivity index is 2.15. The lowest BCUT2D eigenvalue weighted by Crippen LogP contribution is -2.61. The molecule has 2 heteroatoms. The molecule has 0 aromatic heterocycles. The summed E-state index contributed by atoms with van der Waals surface area (Å²) in [5, 5.41) is 0. The van der Waals surface area contributed by atoms with Crippen LogP contribution in [0.2, 0.25) is 0 Å². The molecule has 0 bridgehead atoms. The highest BCUT2D eigenvalue weighted by Crippen LogP contribution is 2.54. The maximum atomic E-state index is 6.51. The zero-order chi connectivity index (χ0) is 12.3. The van der Waals surface area contributed by atoms with Gasteiger partial charge in [0.15, 0.2) is 0 Å². The molecule has 2 nitrogen and oxygen atoms in total. The van der Waals surface area contributed by atoms with Crippen molar-refractivity contribution in [2.24, 2.45) is 5.73 Å². The predicted octanol–water partition coefficient (Wildman–Crippen LogP) is 2.37. The van der Waals surface area contributed by atoms with Crippen molar-refractivity contribution in [3.8, 4) is 0 Å². The van der Waals surface area contributed by atoms with E-state index in [9.17, 15) is 0 Å². The normalized spacial score (nSPS) is 24.2. The zero-order valence-electron chi connectivity index (χ0n) is 11.0. The highest BCUT2D eigenvalue weighted by atomic mass is 16.5. The second kappa shape index (κ2) is 3.33. The van der Waals surface area contributed by atoms with Gasteiger partial charge in [-0.15, -0.1) is 0 Å². The average molecular weight is 231 g/mol. The van der Waals surface area contributed by atoms with Gasteiger partial charge in [0.05, 0.1) is 18.6 Å². The second-order valence-electron chi connectivity index (χ2n) is 6.00. The van der Waals surface area contributed by atoms with Crippen LogP contribution in [0.5, 0.6) is 0 Å². The van der Waals surface area contributed by atoms with Crippen LogP contribution in [0.15, 0.2) is 12.1 Å². The van der Waals surface area contributed by atoms with Crippen molar-refractivity contribution >= 4 is 0 Å². The predicted molar refractivity (Wildman–Crippen MR) is 69.3 cm³/mol. The molecule has 0 radical (unpaired) electrons. The molecule has 1 aliphatic heterocycles. The third kappa shape index (κ3) is 1.40. The summed E-state index contributed by atoms with van der Waals surface area (Å²) in [4.78, 5) is 0. The summed E-state index contributed by atoms with van der Waals surface area (Å²) >= 11 is 0. The van der Waals surface area contributed by atoms with Crippen molar-refractivity contribution in [1.82, 2.24) is 0 Å². The van der Waals surface area contributed by atoms with Crippen molar-refractivity contribution in [2.75, 3.05) is 13.2 Å². The largest absolute Gasteiger partial charge is 0.379 e. The summed E-state index contributed by atoms with van der Waals surface area (Å²) in [6.07, 6.45) is 2.28. The lowest BCUT2D eigenvalue weighted by Gasteiger charge is -2.48. The minimum Gasteiger partial charge on any atom is -0.379 e. The third-order valence-electron chi connectivity index (χ3n) is 4.59. The number of hydrogen-bond acceptors (Lipinski definition) is 2. The van der Waals surface area contributed by atoms with Crippen molar-refractivity contribution in [2.45, 2.75) is 44.6 Å². The lowest BCUT2D eigenvalue weighted by molar-refractivity contribution is -0.0792. The molecule has 1 aliphatic carbocycles. The van der Waals surface area contributed by atoms with Gasteiger partial charge in [0.1, 0.15) is 0 Å². The first-order valence-electron chi connectivity index (χ1n) is 6.43. The molecular formula is C15H21NO. The fraction of sp³-hybridized carbons (Fsp3) is 0.600. The van der Waals surface area contributed by atoms with Gasteiger partial charge in [-0.05, 0) is 50.3 Å². The van der Waals surface area contributed by atoms with Crippen LogP contribution in [0.3, 0.4) is 0 Å². The van der Waals surface area contributed by atoms with E-state index in [1.165, 1.54) is 22.3 Å². The van der Waals surface area contributed by atoms with Crippen molar-refractivity contribution in [3.05, 3.63) is 34.4 Å². The topological polar surface area (TPSA) is 35.2 Å². The monoisotopic (exact) mass is 231 g/mol. The van der Waals surface area contributed by atoms with E-state index in [0.29, 0.717) is 0 Å². The number of nitrogens with two attached hydrogens (primary N) is 1. The van der Waals surface area contributed by atoms with E-state index in [1.807, 2.05) is 0 Å². The van der Waals surface area contributed by atoms with Crippen LogP contribution < -0.4 is 5.73 Å².